The van der Waals surface area contributed by atoms with Crippen molar-refractivity contribution in [2.24, 2.45) is 0 Å². The van der Waals surface area contributed by atoms with Crippen LogP contribution in [-0.2, 0) is 0 Å². The van der Waals surface area contributed by atoms with E-state index in [4.69, 9.17) is 14.2 Å². The Labute approximate surface area is 118 Å². The Hall–Kier alpha value is -1.23. The van der Waals surface area contributed by atoms with E-state index in [1.54, 1.807) is 21.3 Å². The summed E-state index contributed by atoms with van der Waals surface area (Å²) in [7, 11) is 4.88. The Morgan fingerprint density at radius 1 is 1.11 bits per heavy atom. The van der Waals surface area contributed by atoms with Gasteiger partial charge in [-0.15, -0.1) is 0 Å². The SMILES string of the molecule is COc1cc(NC2CCSC2C)cc(OC)c1OC. The predicted octanol–water partition coefficient (Wildman–Crippen LogP) is 3.02. The van der Waals surface area contributed by atoms with Gasteiger partial charge in [0.25, 0.3) is 0 Å². The summed E-state index contributed by atoms with van der Waals surface area (Å²) >= 11 is 2.00. The number of methoxy groups -OCH3 is 3. The van der Waals surface area contributed by atoms with Crippen molar-refractivity contribution in [3.05, 3.63) is 12.1 Å². The molecule has 0 saturated carbocycles. The minimum atomic E-state index is 0.493. The van der Waals surface area contributed by atoms with E-state index in [2.05, 4.69) is 12.2 Å². The molecule has 2 unspecified atom stereocenters. The first-order valence-electron chi connectivity index (χ1n) is 6.37. The van der Waals surface area contributed by atoms with Crippen LogP contribution in [0.25, 0.3) is 0 Å². The van der Waals surface area contributed by atoms with Gasteiger partial charge in [-0.3, -0.25) is 0 Å². The van der Waals surface area contributed by atoms with Gasteiger partial charge < -0.3 is 19.5 Å². The average molecular weight is 283 g/mol. The molecule has 1 aliphatic heterocycles. The van der Waals surface area contributed by atoms with Gasteiger partial charge >= 0.3 is 0 Å². The molecule has 106 valence electrons. The van der Waals surface area contributed by atoms with Gasteiger partial charge in [-0.1, -0.05) is 6.92 Å². The number of ether oxygens (including phenoxy) is 3. The predicted molar refractivity (Wildman–Crippen MR) is 80.0 cm³/mol. The molecule has 1 aliphatic rings. The zero-order valence-electron chi connectivity index (χ0n) is 11.9. The van der Waals surface area contributed by atoms with Gasteiger partial charge in [-0.25, -0.2) is 0 Å². The van der Waals surface area contributed by atoms with Crippen molar-refractivity contribution < 1.29 is 14.2 Å². The van der Waals surface area contributed by atoms with Crippen LogP contribution in [0, 0.1) is 0 Å². The van der Waals surface area contributed by atoms with Crippen LogP contribution in [0.15, 0.2) is 12.1 Å². The van der Waals surface area contributed by atoms with Gasteiger partial charge in [0, 0.05) is 29.1 Å². The molecule has 0 bridgehead atoms. The molecule has 19 heavy (non-hydrogen) atoms. The molecule has 0 amide bonds. The molecule has 1 fully saturated rings. The summed E-state index contributed by atoms with van der Waals surface area (Å²) in [6, 6.07) is 4.40. The van der Waals surface area contributed by atoms with Gasteiger partial charge in [0.15, 0.2) is 11.5 Å². The summed E-state index contributed by atoms with van der Waals surface area (Å²) in [6.45, 7) is 2.26. The lowest BCUT2D eigenvalue weighted by atomic mass is 10.1. The summed E-state index contributed by atoms with van der Waals surface area (Å²) in [4.78, 5) is 0. The van der Waals surface area contributed by atoms with Gasteiger partial charge in [0.1, 0.15) is 0 Å². The van der Waals surface area contributed by atoms with Gasteiger partial charge in [-0.05, 0) is 12.2 Å². The Morgan fingerprint density at radius 3 is 2.16 bits per heavy atom. The summed E-state index contributed by atoms with van der Waals surface area (Å²) in [5, 5.41) is 4.18. The number of hydrogen-bond acceptors (Lipinski definition) is 5. The maximum Gasteiger partial charge on any atom is 0.203 e. The van der Waals surface area contributed by atoms with E-state index >= 15 is 0 Å². The van der Waals surface area contributed by atoms with Crippen molar-refractivity contribution in [1.29, 1.82) is 0 Å². The Morgan fingerprint density at radius 2 is 1.74 bits per heavy atom. The molecular formula is C14H21NO3S. The fraction of sp³-hybridized carbons (Fsp3) is 0.571. The first-order chi connectivity index (χ1) is 9.19. The fourth-order valence-electron chi connectivity index (χ4n) is 2.30. The van der Waals surface area contributed by atoms with Gasteiger partial charge in [0.05, 0.1) is 21.3 Å². The van der Waals surface area contributed by atoms with E-state index in [0.29, 0.717) is 28.5 Å². The molecule has 4 nitrogen and oxygen atoms in total. The zero-order chi connectivity index (χ0) is 13.8. The molecule has 0 spiro atoms. The van der Waals surface area contributed by atoms with E-state index < -0.39 is 0 Å². The third-order valence-electron chi connectivity index (χ3n) is 3.39. The second-order valence-corrected chi connectivity index (χ2v) is 6.01. The number of benzene rings is 1. The van der Waals surface area contributed by atoms with E-state index in [9.17, 15) is 0 Å². The lowest BCUT2D eigenvalue weighted by Crippen LogP contribution is -2.24. The molecule has 2 rings (SSSR count). The first kappa shape index (κ1) is 14.2. The largest absolute Gasteiger partial charge is 0.493 e. The third kappa shape index (κ3) is 3.03. The monoisotopic (exact) mass is 283 g/mol. The lowest BCUT2D eigenvalue weighted by Gasteiger charge is -2.20. The molecule has 0 aliphatic carbocycles. The van der Waals surface area contributed by atoms with Crippen LogP contribution in [-0.4, -0.2) is 38.4 Å². The van der Waals surface area contributed by atoms with Crippen molar-refractivity contribution in [2.75, 3.05) is 32.4 Å². The highest BCUT2D eigenvalue weighted by atomic mass is 32.2. The second-order valence-electron chi connectivity index (χ2n) is 4.53. The number of hydrogen-bond donors (Lipinski definition) is 1. The molecule has 2 atom stereocenters. The molecule has 0 radical (unpaired) electrons. The molecule has 1 aromatic rings. The fourth-order valence-corrected chi connectivity index (χ4v) is 3.50. The van der Waals surface area contributed by atoms with Crippen LogP contribution < -0.4 is 19.5 Å². The Bertz CT molecular complexity index is 414. The van der Waals surface area contributed by atoms with E-state index in [0.717, 1.165) is 5.69 Å². The molecule has 1 heterocycles. The van der Waals surface area contributed by atoms with Crippen LogP contribution in [0.1, 0.15) is 13.3 Å². The molecular weight excluding hydrogens is 262 g/mol. The first-order valence-corrected chi connectivity index (χ1v) is 7.42. The lowest BCUT2D eigenvalue weighted by molar-refractivity contribution is 0.324. The number of thioether (sulfide) groups is 1. The summed E-state index contributed by atoms with van der Waals surface area (Å²) in [5.74, 6) is 3.21. The number of nitrogens with one attached hydrogen (secondary N) is 1. The van der Waals surface area contributed by atoms with Crippen molar-refractivity contribution in [3.8, 4) is 17.2 Å². The minimum absolute atomic E-state index is 0.493. The van der Waals surface area contributed by atoms with Crippen LogP contribution in [0.3, 0.4) is 0 Å². The Balaban J connectivity index is 2.25. The number of anilines is 1. The molecule has 5 heteroatoms. The maximum atomic E-state index is 5.36. The molecule has 1 N–H and O–H groups in total. The molecule has 1 aromatic carbocycles. The summed E-state index contributed by atoms with van der Waals surface area (Å²) < 4.78 is 16.0. The van der Waals surface area contributed by atoms with Gasteiger partial charge in [0.2, 0.25) is 5.75 Å². The summed E-state index contributed by atoms with van der Waals surface area (Å²) in [6.07, 6.45) is 1.18. The molecule has 0 aromatic heterocycles. The van der Waals surface area contributed by atoms with Crippen LogP contribution in [0.2, 0.25) is 0 Å². The normalized spacial score (nSPS) is 22.1. The highest BCUT2D eigenvalue weighted by Crippen LogP contribution is 2.40. The average Bonchev–Trinajstić information content (AvgIpc) is 2.83. The minimum Gasteiger partial charge on any atom is -0.493 e. The summed E-state index contributed by atoms with van der Waals surface area (Å²) in [5.41, 5.74) is 1.01. The number of rotatable bonds is 5. The van der Waals surface area contributed by atoms with Crippen molar-refractivity contribution in [1.82, 2.24) is 0 Å². The van der Waals surface area contributed by atoms with Crippen LogP contribution in [0.4, 0.5) is 5.69 Å². The van der Waals surface area contributed by atoms with Crippen molar-refractivity contribution in [3.63, 3.8) is 0 Å². The smallest absolute Gasteiger partial charge is 0.203 e. The van der Waals surface area contributed by atoms with E-state index in [1.807, 2.05) is 23.9 Å². The highest BCUT2D eigenvalue weighted by Gasteiger charge is 2.24. The van der Waals surface area contributed by atoms with Crippen LogP contribution >= 0.6 is 11.8 Å². The van der Waals surface area contributed by atoms with E-state index in [1.165, 1.54) is 12.2 Å². The maximum absolute atomic E-state index is 5.36. The van der Waals surface area contributed by atoms with Crippen LogP contribution in [0.5, 0.6) is 17.2 Å². The highest BCUT2D eigenvalue weighted by molar-refractivity contribution is 8.00. The quantitative estimate of drug-likeness (QED) is 0.899. The topological polar surface area (TPSA) is 39.7 Å². The Kier molecular flexibility index (Phi) is 4.69. The molecule has 1 saturated heterocycles. The standard InChI is InChI=1S/C14H21NO3S/c1-9-11(5-6-19-9)15-10-7-12(16-2)14(18-4)13(8-10)17-3/h7-9,11,15H,5-6H2,1-4H3. The van der Waals surface area contributed by atoms with Crippen molar-refractivity contribution in [2.45, 2.75) is 24.6 Å². The van der Waals surface area contributed by atoms with E-state index in [-0.39, 0.29) is 0 Å². The van der Waals surface area contributed by atoms with Crippen molar-refractivity contribution >= 4 is 17.4 Å². The zero-order valence-corrected chi connectivity index (χ0v) is 12.7. The third-order valence-corrected chi connectivity index (χ3v) is 4.72. The second kappa shape index (κ2) is 6.28. The van der Waals surface area contributed by atoms with Gasteiger partial charge in [-0.2, -0.15) is 11.8 Å².